The largest absolute Gasteiger partial charge is 0.328 e. The van der Waals surface area contributed by atoms with Crippen LogP contribution in [0, 0.1) is 0 Å². The molecule has 0 aliphatic carbocycles. The van der Waals surface area contributed by atoms with Gasteiger partial charge in [-0.1, -0.05) is 43.3 Å². The molecule has 0 aliphatic rings. The molecule has 2 aromatic rings. The van der Waals surface area contributed by atoms with Crippen LogP contribution in [-0.2, 0) is 0 Å². The first-order valence-corrected chi connectivity index (χ1v) is 8.15. The van der Waals surface area contributed by atoms with E-state index < -0.39 is 5.54 Å². The maximum absolute atomic E-state index is 13.1. The normalized spacial score (nSPS) is 11.5. The lowest BCUT2D eigenvalue weighted by Crippen LogP contribution is -2.56. The molecule has 0 radical (unpaired) electrons. The van der Waals surface area contributed by atoms with E-state index in [4.69, 9.17) is 5.73 Å². The minimum Gasteiger partial charge on any atom is -0.328 e. The molecule has 0 bridgehead atoms. The van der Waals surface area contributed by atoms with Crippen LogP contribution in [0.25, 0.3) is 10.8 Å². The second kappa shape index (κ2) is 7.01. The van der Waals surface area contributed by atoms with Crippen molar-refractivity contribution in [3.05, 3.63) is 42.5 Å². The Kier molecular flexibility index (Phi) is 5.26. The number of carbonyl (C=O) groups excluding carboxylic acids is 1. The molecule has 0 fully saturated rings. The molecule has 2 aromatic carbocycles. The van der Waals surface area contributed by atoms with Crippen molar-refractivity contribution in [3.8, 4) is 0 Å². The van der Waals surface area contributed by atoms with Gasteiger partial charge in [-0.05, 0) is 31.7 Å². The van der Waals surface area contributed by atoms with Crippen molar-refractivity contribution in [3.63, 3.8) is 0 Å². The average Bonchev–Trinajstić information content (AvgIpc) is 2.55. The first kappa shape index (κ1) is 17.3. The molecular weight excluding hydrogens is 286 g/mol. The first-order valence-electron chi connectivity index (χ1n) is 8.15. The number of rotatable bonds is 5. The average molecular weight is 313 g/mol. The van der Waals surface area contributed by atoms with Gasteiger partial charge in [0.15, 0.2) is 0 Å². The maximum atomic E-state index is 13.1. The molecule has 0 heterocycles. The van der Waals surface area contributed by atoms with E-state index in [-0.39, 0.29) is 6.03 Å². The van der Waals surface area contributed by atoms with Crippen LogP contribution in [0.5, 0.6) is 0 Å². The number of fused-ring (bicyclic) bond motifs is 1. The van der Waals surface area contributed by atoms with Crippen LogP contribution < -0.4 is 10.6 Å². The number of nitrogens with two attached hydrogens (primary N) is 1. The molecular formula is C19H27N3O. The number of hydrogen-bond acceptors (Lipinski definition) is 2. The summed E-state index contributed by atoms with van der Waals surface area (Å²) < 4.78 is 0. The van der Waals surface area contributed by atoms with E-state index >= 15 is 0 Å². The van der Waals surface area contributed by atoms with E-state index in [2.05, 4.69) is 25.1 Å². The van der Waals surface area contributed by atoms with Gasteiger partial charge in [-0.2, -0.15) is 0 Å². The van der Waals surface area contributed by atoms with Crippen LogP contribution in [0.2, 0.25) is 0 Å². The van der Waals surface area contributed by atoms with Crippen molar-refractivity contribution in [2.75, 3.05) is 25.0 Å². The number of benzene rings is 2. The van der Waals surface area contributed by atoms with Crippen LogP contribution in [-0.4, -0.2) is 36.6 Å². The van der Waals surface area contributed by atoms with Crippen molar-refractivity contribution in [1.29, 1.82) is 0 Å². The zero-order valence-corrected chi connectivity index (χ0v) is 14.5. The molecule has 0 atom stereocenters. The fourth-order valence-corrected chi connectivity index (χ4v) is 2.78. The molecule has 23 heavy (non-hydrogen) atoms. The van der Waals surface area contributed by atoms with E-state index in [0.717, 1.165) is 29.4 Å². The highest BCUT2D eigenvalue weighted by Gasteiger charge is 2.33. The minimum absolute atomic E-state index is 0.0151. The fourth-order valence-electron chi connectivity index (χ4n) is 2.78. The smallest absolute Gasteiger partial charge is 0.324 e. The van der Waals surface area contributed by atoms with Crippen LogP contribution >= 0.6 is 0 Å². The minimum atomic E-state index is -0.469. The van der Waals surface area contributed by atoms with Crippen LogP contribution in [0.4, 0.5) is 10.5 Å². The molecule has 2 amide bonds. The lowest BCUT2D eigenvalue weighted by molar-refractivity contribution is 0.209. The summed E-state index contributed by atoms with van der Waals surface area (Å²) in [4.78, 5) is 16.7. The second-order valence-corrected chi connectivity index (χ2v) is 6.55. The van der Waals surface area contributed by atoms with Crippen molar-refractivity contribution < 1.29 is 4.79 Å². The molecule has 0 aliphatic heterocycles. The summed E-state index contributed by atoms with van der Waals surface area (Å²) in [6.45, 7) is 7.20. The van der Waals surface area contributed by atoms with Gasteiger partial charge in [0.2, 0.25) is 0 Å². The van der Waals surface area contributed by atoms with E-state index in [1.165, 1.54) is 0 Å². The van der Waals surface area contributed by atoms with Gasteiger partial charge in [0, 0.05) is 25.5 Å². The Morgan fingerprint density at radius 2 is 1.78 bits per heavy atom. The van der Waals surface area contributed by atoms with Gasteiger partial charge in [-0.25, -0.2) is 4.79 Å². The summed E-state index contributed by atoms with van der Waals surface area (Å²) in [6.07, 6.45) is 0.925. The molecule has 124 valence electrons. The Balaban J connectivity index is 2.59. The van der Waals surface area contributed by atoms with Crippen molar-refractivity contribution in [2.24, 2.45) is 5.73 Å². The van der Waals surface area contributed by atoms with E-state index in [9.17, 15) is 4.79 Å². The Labute approximate surface area is 138 Å². The monoisotopic (exact) mass is 313 g/mol. The number of urea groups is 1. The zero-order chi connectivity index (χ0) is 17.0. The highest BCUT2D eigenvalue weighted by atomic mass is 16.2. The summed E-state index contributed by atoms with van der Waals surface area (Å²) in [7, 11) is 1.84. The molecule has 0 aromatic heterocycles. The standard InChI is InChI=1S/C19H27N3O/c1-5-13-21(4)18(23)22(19(2,3)14-20)17-12-8-10-15-9-6-7-11-16(15)17/h6-12H,5,13-14,20H2,1-4H3. The molecule has 0 spiro atoms. The predicted molar refractivity (Wildman–Crippen MR) is 97.9 cm³/mol. The third kappa shape index (κ3) is 3.48. The molecule has 4 heteroatoms. The van der Waals surface area contributed by atoms with E-state index in [1.807, 2.05) is 50.1 Å². The molecule has 0 unspecified atom stereocenters. The quantitative estimate of drug-likeness (QED) is 0.911. The fraction of sp³-hybridized carbons (Fsp3) is 0.421. The molecule has 2 rings (SSSR count). The van der Waals surface area contributed by atoms with Gasteiger partial charge in [0.05, 0.1) is 11.2 Å². The Morgan fingerprint density at radius 3 is 2.43 bits per heavy atom. The van der Waals surface area contributed by atoms with Crippen LogP contribution in [0.1, 0.15) is 27.2 Å². The maximum Gasteiger partial charge on any atom is 0.324 e. The third-order valence-electron chi connectivity index (χ3n) is 4.19. The highest BCUT2D eigenvalue weighted by molar-refractivity contribution is 6.04. The zero-order valence-electron chi connectivity index (χ0n) is 14.5. The molecule has 0 saturated carbocycles. The Morgan fingerprint density at radius 1 is 1.13 bits per heavy atom. The SMILES string of the molecule is CCCN(C)C(=O)N(c1cccc2ccccc12)C(C)(C)CN. The van der Waals surface area contributed by atoms with Crippen molar-refractivity contribution in [2.45, 2.75) is 32.7 Å². The predicted octanol–water partition coefficient (Wildman–Crippen LogP) is 3.85. The van der Waals surface area contributed by atoms with Gasteiger partial charge in [-0.3, -0.25) is 4.90 Å². The summed E-state index contributed by atoms with van der Waals surface area (Å²) in [5.74, 6) is 0. The number of carbonyl (C=O) groups is 1. The van der Waals surface area contributed by atoms with E-state index in [0.29, 0.717) is 6.54 Å². The van der Waals surface area contributed by atoms with Gasteiger partial charge < -0.3 is 10.6 Å². The Hall–Kier alpha value is -2.07. The number of anilines is 1. The first-order chi connectivity index (χ1) is 10.9. The lowest BCUT2D eigenvalue weighted by Gasteiger charge is -2.40. The second-order valence-electron chi connectivity index (χ2n) is 6.55. The van der Waals surface area contributed by atoms with Crippen LogP contribution in [0.3, 0.4) is 0 Å². The summed E-state index contributed by atoms with van der Waals surface area (Å²) in [5, 5.41) is 2.18. The number of amides is 2. The van der Waals surface area contributed by atoms with Crippen molar-refractivity contribution in [1.82, 2.24) is 4.90 Å². The van der Waals surface area contributed by atoms with Gasteiger partial charge in [-0.15, -0.1) is 0 Å². The van der Waals surface area contributed by atoms with Crippen LogP contribution in [0.15, 0.2) is 42.5 Å². The summed E-state index contributed by atoms with van der Waals surface area (Å²) >= 11 is 0. The van der Waals surface area contributed by atoms with Gasteiger partial charge in [0.25, 0.3) is 0 Å². The van der Waals surface area contributed by atoms with E-state index in [1.54, 1.807) is 4.90 Å². The topological polar surface area (TPSA) is 49.6 Å². The van der Waals surface area contributed by atoms with Gasteiger partial charge in [0.1, 0.15) is 0 Å². The van der Waals surface area contributed by atoms with Crippen molar-refractivity contribution >= 4 is 22.5 Å². The Bertz CT molecular complexity index is 676. The third-order valence-corrected chi connectivity index (χ3v) is 4.19. The molecule has 2 N–H and O–H groups in total. The molecule has 4 nitrogen and oxygen atoms in total. The number of hydrogen-bond donors (Lipinski definition) is 1. The summed E-state index contributed by atoms with van der Waals surface area (Å²) in [5.41, 5.74) is 6.43. The lowest BCUT2D eigenvalue weighted by atomic mass is 9.99. The summed E-state index contributed by atoms with van der Waals surface area (Å²) in [6, 6.07) is 14.2. The number of nitrogens with zero attached hydrogens (tertiary/aromatic N) is 2. The van der Waals surface area contributed by atoms with Gasteiger partial charge >= 0.3 is 6.03 Å². The molecule has 0 saturated heterocycles. The highest BCUT2D eigenvalue weighted by Crippen LogP contribution is 2.32.